The van der Waals surface area contributed by atoms with Crippen LogP contribution in [0, 0.1) is 5.95 Å². The first kappa shape index (κ1) is 18.6. The van der Waals surface area contributed by atoms with Crippen molar-refractivity contribution in [1.29, 1.82) is 0 Å². The van der Waals surface area contributed by atoms with Crippen molar-refractivity contribution in [3.63, 3.8) is 0 Å². The van der Waals surface area contributed by atoms with Crippen LogP contribution >= 0.6 is 23.2 Å². The van der Waals surface area contributed by atoms with Crippen LogP contribution < -0.4 is 10.5 Å². The zero-order valence-corrected chi connectivity index (χ0v) is 12.4. The first-order valence-electron chi connectivity index (χ1n) is 5.77. The molecule has 0 aliphatic rings. The molecule has 0 unspecified atom stereocenters. The second-order valence-corrected chi connectivity index (χ2v) is 4.73. The Labute approximate surface area is 132 Å². The van der Waals surface area contributed by atoms with Gasteiger partial charge in [-0.2, -0.15) is 22.5 Å². The van der Waals surface area contributed by atoms with Crippen LogP contribution in [0.3, 0.4) is 0 Å². The van der Waals surface area contributed by atoms with E-state index < -0.39 is 48.6 Å². The molecule has 5 nitrogen and oxygen atoms in total. The molecule has 2 N–H and O–H groups in total. The number of hydrogen-bond acceptors (Lipinski definition) is 5. The summed E-state index contributed by atoms with van der Waals surface area (Å²) in [5.41, 5.74) is 5.07. The lowest BCUT2D eigenvalue weighted by atomic mass is 10.3. The third kappa shape index (κ3) is 5.72. The summed E-state index contributed by atoms with van der Waals surface area (Å²) in [7, 11) is 0. The quantitative estimate of drug-likeness (QED) is 0.362. The highest BCUT2D eigenvalue weighted by molar-refractivity contribution is 6.39. The lowest BCUT2D eigenvalue weighted by Crippen LogP contribution is -2.17. The van der Waals surface area contributed by atoms with Gasteiger partial charge in [0.15, 0.2) is 6.61 Å². The minimum Gasteiger partial charge on any atom is -0.464 e. The third-order valence-corrected chi connectivity index (χ3v) is 2.96. The summed E-state index contributed by atoms with van der Waals surface area (Å²) < 4.78 is 58.1. The SMILES string of the molecule is Nc1c(Cl)c(F)nc(OCC(=O)OCCCC(F)(F)F)c1Cl. The molecule has 0 aromatic carbocycles. The Bertz CT molecular complexity index is 555. The molecule has 1 heterocycles. The molecule has 0 spiro atoms. The number of pyridine rings is 1. The van der Waals surface area contributed by atoms with E-state index in [4.69, 9.17) is 33.7 Å². The van der Waals surface area contributed by atoms with E-state index >= 15 is 0 Å². The van der Waals surface area contributed by atoms with Gasteiger partial charge < -0.3 is 15.2 Å². The fourth-order valence-corrected chi connectivity index (χ4v) is 1.61. The van der Waals surface area contributed by atoms with E-state index in [1.165, 1.54) is 0 Å². The van der Waals surface area contributed by atoms with Crippen molar-refractivity contribution in [1.82, 2.24) is 4.98 Å². The molecular weight excluding hydrogens is 355 g/mol. The molecule has 0 aliphatic carbocycles. The van der Waals surface area contributed by atoms with Crippen molar-refractivity contribution in [2.45, 2.75) is 19.0 Å². The third-order valence-electron chi connectivity index (χ3n) is 2.24. The van der Waals surface area contributed by atoms with Crippen LogP contribution in [0.4, 0.5) is 23.2 Å². The molecule has 1 aromatic rings. The molecule has 0 amide bonds. The first-order chi connectivity index (χ1) is 10.1. The van der Waals surface area contributed by atoms with Gasteiger partial charge in [-0.05, 0) is 6.42 Å². The van der Waals surface area contributed by atoms with Crippen LogP contribution in [0.5, 0.6) is 5.88 Å². The Balaban J connectivity index is 2.45. The molecule has 124 valence electrons. The van der Waals surface area contributed by atoms with Gasteiger partial charge in [0, 0.05) is 6.42 Å². The Morgan fingerprint density at radius 3 is 2.50 bits per heavy atom. The summed E-state index contributed by atoms with van der Waals surface area (Å²) in [4.78, 5) is 14.5. The van der Waals surface area contributed by atoms with Gasteiger partial charge in [0.05, 0.1) is 12.3 Å². The zero-order valence-electron chi connectivity index (χ0n) is 10.8. The number of hydrogen-bond donors (Lipinski definition) is 1. The predicted molar refractivity (Wildman–Crippen MR) is 70.4 cm³/mol. The number of nitrogen functional groups attached to an aromatic ring is 1. The smallest absolute Gasteiger partial charge is 0.389 e. The van der Waals surface area contributed by atoms with Crippen LogP contribution in [-0.4, -0.2) is 30.3 Å². The molecule has 11 heteroatoms. The van der Waals surface area contributed by atoms with Gasteiger partial charge in [-0.1, -0.05) is 23.2 Å². The van der Waals surface area contributed by atoms with E-state index in [-0.39, 0.29) is 17.1 Å². The van der Waals surface area contributed by atoms with E-state index in [1.54, 1.807) is 0 Å². The maximum atomic E-state index is 13.2. The molecule has 1 aromatic heterocycles. The fourth-order valence-electron chi connectivity index (χ4n) is 1.23. The molecule has 0 aliphatic heterocycles. The number of alkyl halides is 3. The molecule has 1 rings (SSSR count). The topological polar surface area (TPSA) is 74.4 Å². The average Bonchev–Trinajstić information content (AvgIpc) is 2.43. The van der Waals surface area contributed by atoms with Gasteiger partial charge in [0.2, 0.25) is 11.8 Å². The highest BCUT2D eigenvalue weighted by Gasteiger charge is 2.26. The Hall–Kier alpha value is -1.48. The number of rotatable bonds is 6. The van der Waals surface area contributed by atoms with E-state index in [1.807, 2.05) is 0 Å². The van der Waals surface area contributed by atoms with Gasteiger partial charge >= 0.3 is 12.1 Å². The molecular formula is C11H10Cl2F4N2O3. The number of aromatic nitrogens is 1. The number of esters is 1. The molecule has 0 saturated carbocycles. The van der Waals surface area contributed by atoms with Crippen molar-refractivity contribution in [2.24, 2.45) is 0 Å². The summed E-state index contributed by atoms with van der Waals surface area (Å²) in [5.74, 6) is -2.58. The number of carbonyl (C=O) groups excluding carboxylic acids is 1. The summed E-state index contributed by atoms with van der Waals surface area (Å²) in [5, 5.41) is -0.789. The van der Waals surface area contributed by atoms with E-state index in [0.29, 0.717) is 0 Å². The summed E-state index contributed by atoms with van der Waals surface area (Å²) in [6.07, 6.45) is -5.77. The molecule has 0 fully saturated rings. The maximum Gasteiger partial charge on any atom is 0.389 e. The lowest BCUT2D eigenvalue weighted by Gasteiger charge is -2.10. The number of anilines is 1. The van der Waals surface area contributed by atoms with Crippen LogP contribution in [-0.2, 0) is 9.53 Å². The zero-order chi connectivity index (χ0) is 16.9. The molecule has 0 saturated heterocycles. The number of nitrogens with two attached hydrogens (primary N) is 1. The predicted octanol–water partition coefficient (Wildman–Crippen LogP) is 3.37. The highest BCUT2D eigenvalue weighted by Crippen LogP contribution is 2.35. The van der Waals surface area contributed by atoms with E-state index in [2.05, 4.69) is 9.72 Å². The van der Waals surface area contributed by atoms with Crippen LogP contribution in [0.25, 0.3) is 0 Å². The minimum atomic E-state index is -4.32. The van der Waals surface area contributed by atoms with Crippen molar-refractivity contribution >= 4 is 34.9 Å². The molecule has 22 heavy (non-hydrogen) atoms. The number of nitrogens with zero attached hydrogens (tertiary/aromatic N) is 1. The Kier molecular flexibility index (Phi) is 6.48. The van der Waals surface area contributed by atoms with Crippen LogP contribution in [0.15, 0.2) is 0 Å². The lowest BCUT2D eigenvalue weighted by molar-refractivity contribution is -0.152. The molecule has 0 radical (unpaired) electrons. The Morgan fingerprint density at radius 1 is 1.27 bits per heavy atom. The average molecular weight is 365 g/mol. The standard InChI is InChI=1S/C11H10Cl2F4N2O3/c12-6-8(18)7(13)10(19-9(6)14)22-4-5(20)21-3-1-2-11(15,16)17/h1-4H2,(H2,18,19). The van der Waals surface area contributed by atoms with Gasteiger partial charge in [0.25, 0.3) is 0 Å². The van der Waals surface area contributed by atoms with Crippen molar-refractivity contribution in [3.05, 3.63) is 16.0 Å². The molecule has 0 bridgehead atoms. The number of halogens is 6. The Morgan fingerprint density at radius 2 is 1.91 bits per heavy atom. The minimum absolute atomic E-state index is 0.295. The summed E-state index contributed by atoms with van der Waals surface area (Å²) >= 11 is 11.1. The van der Waals surface area contributed by atoms with Crippen LogP contribution in [0.1, 0.15) is 12.8 Å². The van der Waals surface area contributed by atoms with Crippen molar-refractivity contribution in [3.8, 4) is 5.88 Å². The number of carbonyl (C=O) groups is 1. The van der Waals surface area contributed by atoms with Crippen molar-refractivity contribution in [2.75, 3.05) is 18.9 Å². The normalized spacial score (nSPS) is 11.4. The van der Waals surface area contributed by atoms with Gasteiger partial charge in [-0.3, -0.25) is 0 Å². The van der Waals surface area contributed by atoms with E-state index in [0.717, 1.165) is 0 Å². The highest BCUT2D eigenvalue weighted by atomic mass is 35.5. The number of ether oxygens (including phenoxy) is 2. The van der Waals surface area contributed by atoms with Gasteiger partial charge in [0.1, 0.15) is 10.0 Å². The van der Waals surface area contributed by atoms with Crippen LogP contribution in [0.2, 0.25) is 10.0 Å². The van der Waals surface area contributed by atoms with E-state index in [9.17, 15) is 22.4 Å². The van der Waals surface area contributed by atoms with Gasteiger partial charge in [-0.15, -0.1) is 0 Å². The summed E-state index contributed by atoms with van der Waals surface area (Å²) in [6, 6.07) is 0. The second kappa shape index (κ2) is 7.68. The maximum absolute atomic E-state index is 13.2. The first-order valence-corrected chi connectivity index (χ1v) is 6.52. The summed E-state index contributed by atoms with van der Waals surface area (Å²) in [6.45, 7) is -1.15. The second-order valence-electron chi connectivity index (χ2n) is 3.98. The fraction of sp³-hybridized carbons (Fsp3) is 0.455. The molecule has 0 atom stereocenters. The monoisotopic (exact) mass is 364 g/mol. The largest absolute Gasteiger partial charge is 0.464 e. The van der Waals surface area contributed by atoms with Gasteiger partial charge in [-0.25, -0.2) is 4.79 Å². The van der Waals surface area contributed by atoms with Crippen molar-refractivity contribution < 1.29 is 31.8 Å².